The molecule has 1 fully saturated rings. The number of piperidine rings is 1. The Kier molecular flexibility index (Phi) is 4.62. The molecule has 1 N–H and O–H groups in total. The Hall–Kier alpha value is -1.18. The van der Waals surface area contributed by atoms with Gasteiger partial charge in [-0.05, 0) is 45.0 Å². The Morgan fingerprint density at radius 1 is 1.35 bits per heavy atom. The third kappa shape index (κ3) is 3.47. The molecule has 6 nitrogen and oxygen atoms in total. The summed E-state index contributed by atoms with van der Waals surface area (Å²) in [7, 11) is 0.157. The molecule has 2 heterocycles. The van der Waals surface area contributed by atoms with E-state index in [1.807, 2.05) is 0 Å². The standard InChI is InChI=1S/C13H21N3O3S/c1-15-7-5-11(6-8-15)10-16(2)20(18,19)12-3-4-13(17)14-9-12/h3-4,9,11H,5-8,10H2,1-2H3,(H,14,17). The van der Waals surface area contributed by atoms with Crippen LogP contribution in [0.25, 0.3) is 0 Å². The van der Waals surface area contributed by atoms with Crippen molar-refractivity contribution in [2.24, 2.45) is 5.92 Å². The van der Waals surface area contributed by atoms with Gasteiger partial charge in [0.05, 0.1) is 4.90 Å². The van der Waals surface area contributed by atoms with Gasteiger partial charge in [-0.1, -0.05) is 0 Å². The van der Waals surface area contributed by atoms with Gasteiger partial charge in [-0.15, -0.1) is 0 Å². The second-order valence-electron chi connectivity index (χ2n) is 5.42. The van der Waals surface area contributed by atoms with Gasteiger partial charge in [0.2, 0.25) is 15.6 Å². The number of aromatic amines is 1. The summed E-state index contributed by atoms with van der Waals surface area (Å²) >= 11 is 0. The van der Waals surface area contributed by atoms with E-state index in [-0.39, 0.29) is 10.5 Å². The molecule has 1 aromatic rings. The van der Waals surface area contributed by atoms with Gasteiger partial charge in [-0.25, -0.2) is 12.7 Å². The Balaban J connectivity index is 2.05. The van der Waals surface area contributed by atoms with Crippen LogP contribution in [0, 0.1) is 5.92 Å². The molecule has 2 rings (SSSR count). The van der Waals surface area contributed by atoms with E-state index in [0.29, 0.717) is 12.5 Å². The average Bonchev–Trinajstić information content (AvgIpc) is 2.42. The second-order valence-corrected chi connectivity index (χ2v) is 7.47. The molecule has 0 atom stereocenters. The van der Waals surface area contributed by atoms with Crippen LogP contribution in [0.2, 0.25) is 0 Å². The van der Waals surface area contributed by atoms with Crippen LogP contribution in [0.4, 0.5) is 0 Å². The number of nitrogens with one attached hydrogen (secondary N) is 1. The van der Waals surface area contributed by atoms with E-state index in [4.69, 9.17) is 0 Å². The van der Waals surface area contributed by atoms with Crippen molar-refractivity contribution in [2.75, 3.05) is 33.7 Å². The van der Waals surface area contributed by atoms with E-state index in [2.05, 4.69) is 16.9 Å². The van der Waals surface area contributed by atoms with Crippen LogP contribution in [0.3, 0.4) is 0 Å². The summed E-state index contributed by atoms with van der Waals surface area (Å²) in [5, 5.41) is 0. The van der Waals surface area contributed by atoms with Crippen LogP contribution in [0.5, 0.6) is 0 Å². The Morgan fingerprint density at radius 3 is 2.55 bits per heavy atom. The smallest absolute Gasteiger partial charge is 0.247 e. The third-order valence-electron chi connectivity index (χ3n) is 3.82. The zero-order valence-electron chi connectivity index (χ0n) is 11.9. The maximum Gasteiger partial charge on any atom is 0.247 e. The summed E-state index contributed by atoms with van der Waals surface area (Å²) in [6.07, 6.45) is 3.28. The molecule has 0 saturated carbocycles. The molecular weight excluding hydrogens is 278 g/mol. The summed E-state index contributed by atoms with van der Waals surface area (Å²) in [6, 6.07) is 2.58. The first kappa shape index (κ1) is 15.2. The number of aromatic nitrogens is 1. The highest BCUT2D eigenvalue weighted by Gasteiger charge is 2.25. The van der Waals surface area contributed by atoms with Gasteiger partial charge in [-0.3, -0.25) is 4.79 Å². The van der Waals surface area contributed by atoms with Gasteiger partial charge in [0.15, 0.2) is 0 Å². The van der Waals surface area contributed by atoms with Gasteiger partial charge in [-0.2, -0.15) is 0 Å². The molecular formula is C13H21N3O3S. The monoisotopic (exact) mass is 299 g/mol. The third-order valence-corrected chi connectivity index (χ3v) is 5.64. The highest BCUT2D eigenvalue weighted by atomic mass is 32.2. The maximum absolute atomic E-state index is 12.4. The lowest BCUT2D eigenvalue weighted by atomic mass is 9.97. The van der Waals surface area contributed by atoms with E-state index in [1.165, 1.54) is 22.6 Å². The van der Waals surface area contributed by atoms with Gasteiger partial charge in [0.1, 0.15) is 0 Å². The first-order valence-electron chi connectivity index (χ1n) is 6.73. The molecule has 7 heteroatoms. The number of H-pyrrole nitrogens is 1. The van der Waals surface area contributed by atoms with Gasteiger partial charge < -0.3 is 9.88 Å². The number of hydrogen-bond donors (Lipinski definition) is 1. The van der Waals surface area contributed by atoms with Crippen molar-refractivity contribution in [1.82, 2.24) is 14.2 Å². The molecule has 1 saturated heterocycles. The number of pyridine rings is 1. The fourth-order valence-corrected chi connectivity index (χ4v) is 3.66. The first-order valence-corrected chi connectivity index (χ1v) is 8.17. The molecule has 20 heavy (non-hydrogen) atoms. The SMILES string of the molecule is CN1CCC(CN(C)S(=O)(=O)c2ccc(=O)[nH]c2)CC1. The number of rotatable bonds is 4. The number of sulfonamides is 1. The zero-order chi connectivity index (χ0) is 14.8. The fraction of sp³-hybridized carbons (Fsp3) is 0.615. The molecule has 0 amide bonds. The average molecular weight is 299 g/mol. The van der Waals surface area contributed by atoms with Crippen molar-refractivity contribution in [2.45, 2.75) is 17.7 Å². The van der Waals surface area contributed by atoms with Gasteiger partial charge in [0.25, 0.3) is 0 Å². The van der Waals surface area contributed by atoms with Crippen LogP contribution in [0.15, 0.2) is 28.0 Å². The van der Waals surface area contributed by atoms with Gasteiger partial charge >= 0.3 is 0 Å². The second kappa shape index (κ2) is 6.07. The minimum absolute atomic E-state index is 0.132. The summed E-state index contributed by atoms with van der Waals surface area (Å²) in [5.74, 6) is 0.397. The van der Waals surface area contributed by atoms with E-state index in [1.54, 1.807) is 7.05 Å². The minimum Gasteiger partial charge on any atom is -0.328 e. The quantitative estimate of drug-likeness (QED) is 0.870. The normalized spacial score (nSPS) is 18.6. The Labute approximate surface area is 119 Å². The molecule has 112 valence electrons. The van der Waals surface area contributed by atoms with E-state index in [0.717, 1.165) is 25.9 Å². The van der Waals surface area contributed by atoms with Crippen molar-refractivity contribution in [1.29, 1.82) is 0 Å². The lowest BCUT2D eigenvalue weighted by Crippen LogP contribution is -2.38. The summed E-state index contributed by atoms with van der Waals surface area (Å²) in [4.78, 5) is 15.8. The molecule has 0 unspecified atom stereocenters. The Bertz CT molecular complexity index is 583. The topological polar surface area (TPSA) is 73.5 Å². The largest absolute Gasteiger partial charge is 0.328 e. The van der Waals surface area contributed by atoms with Crippen molar-refractivity contribution >= 4 is 10.0 Å². The van der Waals surface area contributed by atoms with Crippen LogP contribution in [-0.4, -0.2) is 56.3 Å². The van der Waals surface area contributed by atoms with Gasteiger partial charge in [0, 0.05) is 25.9 Å². The van der Waals surface area contributed by atoms with E-state index >= 15 is 0 Å². The van der Waals surface area contributed by atoms with Crippen LogP contribution < -0.4 is 5.56 Å². The molecule has 1 aromatic heterocycles. The summed E-state index contributed by atoms with van der Waals surface area (Å²) < 4.78 is 26.1. The minimum atomic E-state index is -3.52. The summed E-state index contributed by atoms with van der Waals surface area (Å²) in [6.45, 7) is 2.55. The fourth-order valence-electron chi connectivity index (χ4n) is 2.44. The number of hydrogen-bond acceptors (Lipinski definition) is 4. The molecule has 0 radical (unpaired) electrons. The maximum atomic E-state index is 12.4. The van der Waals surface area contributed by atoms with Crippen LogP contribution in [-0.2, 0) is 10.0 Å². The molecule has 1 aliphatic rings. The van der Waals surface area contributed by atoms with Crippen LogP contribution >= 0.6 is 0 Å². The van der Waals surface area contributed by atoms with Crippen molar-refractivity contribution in [3.63, 3.8) is 0 Å². The van der Waals surface area contributed by atoms with Crippen molar-refractivity contribution < 1.29 is 8.42 Å². The molecule has 0 spiro atoms. The highest BCUT2D eigenvalue weighted by Crippen LogP contribution is 2.20. The lowest BCUT2D eigenvalue weighted by molar-refractivity contribution is 0.202. The van der Waals surface area contributed by atoms with E-state index in [9.17, 15) is 13.2 Å². The highest BCUT2D eigenvalue weighted by molar-refractivity contribution is 7.89. The number of likely N-dealkylation sites (tertiary alicyclic amines) is 1. The number of nitrogens with zero attached hydrogens (tertiary/aromatic N) is 2. The molecule has 0 aromatic carbocycles. The van der Waals surface area contributed by atoms with Crippen LogP contribution in [0.1, 0.15) is 12.8 Å². The first-order chi connectivity index (χ1) is 9.39. The molecule has 1 aliphatic heterocycles. The lowest BCUT2D eigenvalue weighted by Gasteiger charge is -2.31. The zero-order valence-corrected chi connectivity index (χ0v) is 12.7. The van der Waals surface area contributed by atoms with Crippen molar-refractivity contribution in [3.05, 3.63) is 28.7 Å². The Morgan fingerprint density at radius 2 is 2.00 bits per heavy atom. The predicted octanol–water partition coefficient (Wildman–Crippen LogP) is 0.337. The predicted molar refractivity (Wildman–Crippen MR) is 77.1 cm³/mol. The van der Waals surface area contributed by atoms with Crippen molar-refractivity contribution in [3.8, 4) is 0 Å². The molecule has 0 bridgehead atoms. The molecule has 0 aliphatic carbocycles. The van der Waals surface area contributed by atoms with E-state index < -0.39 is 10.0 Å². The summed E-state index contributed by atoms with van der Waals surface area (Å²) in [5.41, 5.74) is -0.304.